The molecule has 78 heavy (non-hydrogen) atoms. The first-order chi connectivity index (χ1) is 37.7. The van der Waals surface area contributed by atoms with Gasteiger partial charge in [0.1, 0.15) is 44.9 Å². The summed E-state index contributed by atoms with van der Waals surface area (Å²) in [5.41, 5.74) is 2.91. The SMILES string of the molecule is O=c1c(O)c(-c2ccc(O)c(O)c2)oc2cc(O)cc(O)c12.O=c1c(O)c(-c2ccc(O)c(O)c2)oc2cc(O)cc(O)c12.c1cc(-c2ccncc2)ccn1.c1cc(-c2ccncc2)ccn1.c1csc(-c2cccs2)c1. The zero-order valence-corrected chi connectivity index (χ0v) is 41.8. The number of pyridine rings is 4. The number of fused-ring (bicyclic) bond motifs is 2. The summed E-state index contributed by atoms with van der Waals surface area (Å²) in [7, 11) is 0. The highest BCUT2D eigenvalue weighted by atomic mass is 32.1. The molecule has 8 heterocycles. The molecule has 0 saturated carbocycles. The van der Waals surface area contributed by atoms with Crippen LogP contribution in [0.3, 0.4) is 0 Å². The van der Waals surface area contributed by atoms with Crippen LogP contribution in [-0.4, -0.2) is 71.0 Å². The van der Waals surface area contributed by atoms with E-state index in [-0.39, 0.29) is 67.6 Å². The Morgan fingerprint density at radius 3 is 0.936 bits per heavy atom. The molecular formula is C58H42N4O14S2. The van der Waals surface area contributed by atoms with Crippen LogP contribution in [0.2, 0.25) is 0 Å². The lowest BCUT2D eigenvalue weighted by Crippen LogP contribution is -2.02. The molecule has 12 aromatic rings. The lowest BCUT2D eigenvalue weighted by Gasteiger charge is -2.08. The van der Waals surface area contributed by atoms with Crippen LogP contribution in [0.25, 0.3) is 76.6 Å². The average Bonchev–Trinajstić information content (AvgIpc) is 4.26. The second kappa shape index (κ2) is 24.6. The lowest BCUT2D eigenvalue weighted by molar-refractivity contribution is 0.403. The van der Waals surface area contributed by atoms with Crippen LogP contribution in [0, 0.1) is 0 Å². The highest BCUT2D eigenvalue weighted by Gasteiger charge is 2.21. The topological polar surface area (TPSA) is 314 Å². The summed E-state index contributed by atoms with van der Waals surface area (Å²) in [5.74, 6) is -5.43. The Kier molecular flexibility index (Phi) is 16.9. The van der Waals surface area contributed by atoms with Crippen molar-refractivity contribution in [3.05, 3.63) is 214 Å². The number of phenols is 8. The Bertz CT molecular complexity index is 3730. The molecule has 390 valence electrons. The Labute approximate surface area is 448 Å². The normalized spacial score (nSPS) is 10.4. The largest absolute Gasteiger partial charge is 0.508 e. The van der Waals surface area contributed by atoms with E-state index < -0.39 is 45.4 Å². The van der Waals surface area contributed by atoms with E-state index in [2.05, 4.69) is 55.0 Å². The molecule has 8 aromatic heterocycles. The summed E-state index contributed by atoms with van der Waals surface area (Å²) in [4.78, 5) is 42.8. The van der Waals surface area contributed by atoms with Gasteiger partial charge in [-0.1, -0.05) is 12.1 Å². The van der Waals surface area contributed by atoms with Crippen molar-refractivity contribution in [2.45, 2.75) is 0 Å². The van der Waals surface area contributed by atoms with Crippen LogP contribution in [0.1, 0.15) is 0 Å². The fourth-order valence-corrected chi connectivity index (χ4v) is 8.86. The molecule has 4 aromatic carbocycles. The van der Waals surface area contributed by atoms with E-state index in [1.165, 1.54) is 44.1 Å². The van der Waals surface area contributed by atoms with Crippen molar-refractivity contribution in [2.75, 3.05) is 0 Å². The Balaban J connectivity index is 0.000000133. The Morgan fingerprint density at radius 2 is 0.654 bits per heavy atom. The van der Waals surface area contributed by atoms with Crippen LogP contribution in [-0.2, 0) is 0 Å². The van der Waals surface area contributed by atoms with Crippen molar-refractivity contribution in [3.8, 4) is 112 Å². The molecule has 0 atom stereocenters. The molecule has 0 spiro atoms. The molecule has 0 bridgehead atoms. The molecular weight excluding hydrogens is 1040 g/mol. The standard InChI is InChI=1S/2C15H10O7.2C10H8N2.C8H6S2/c2*16-7-4-10(19)12-11(5-7)22-15(14(21)13(12)20)6-1-2-8(17)9(18)3-6;2*1-5-11-6-2-9(1)10-3-7-12-8-4-10;1-3-7(9-5-1)8-4-2-6-10-8/h2*1-5,16-19,21H;2*1-8H;1-6H. The number of benzene rings is 4. The van der Waals surface area contributed by atoms with Crippen molar-refractivity contribution in [2.24, 2.45) is 0 Å². The minimum atomic E-state index is -0.888. The van der Waals surface area contributed by atoms with E-state index in [0.717, 1.165) is 48.5 Å². The van der Waals surface area contributed by atoms with Crippen LogP contribution >= 0.6 is 22.7 Å². The van der Waals surface area contributed by atoms with Crippen molar-refractivity contribution in [3.63, 3.8) is 0 Å². The molecule has 0 unspecified atom stereocenters. The van der Waals surface area contributed by atoms with Gasteiger partial charge in [-0.15, -0.1) is 22.7 Å². The van der Waals surface area contributed by atoms with Gasteiger partial charge < -0.3 is 59.9 Å². The molecule has 0 aliphatic carbocycles. The van der Waals surface area contributed by atoms with Gasteiger partial charge in [0.25, 0.3) is 0 Å². The summed E-state index contributed by atoms with van der Waals surface area (Å²) in [6.45, 7) is 0. The maximum absolute atomic E-state index is 12.1. The van der Waals surface area contributed by atoms with Gasteiger partial charge >= 0.3 is 0 Å². The molecule has 0 amide bonds. The fourth-order valence-electron chi connectivity index (χ4n) is 7.29. The van der Waals surface area contributed by atoms with Gasteiger partial charge in [0, 0.05) is 94.7 Å². The minimum Gasteiger partial charge on any atom is -0.508 e. The van der Waals surface area contributed by atoms with Crippen molar-refractivity contribution < 1.29 is 59.9 Å². The van der Waals surface area contributed by atoms with Crippen molar-refractivity contribution in [1.82, 2.24) is 19.9 Å². The Hall–Kier alpha value is -10.7. The molecule has 20 heteroatoms. The second-order valence-corrected chi connectivity index (χ2v) is 18.1. The average molecular weight is 1080 g/mol. The quantitative estimate of drug-likeness (QED) is 0.0716. The first kappa shape index (κ1) is 53.6. The minimum absolute atomic E-state index is 0.134. The predicted octanol–water partition coefficient (Wildman–Crippen LogP) is 11.7. The highest BCUT2D eigenvalue weighted by molar-refractivity contribution is 7.20. The van der Waals surface area contributed by atoms with Crippen LogP contribution in [0.5, 0.6) is 57.5 Å². The molecule has 0 saturated heterocycles. The number of thiophene rings is 2. The zero-order chi connectivity index (χ0) is 55.3. The van der Waals surface area contributed by atoms with Gasteiger partial charge in [0.05, 0.1) is 0 Å². The number of nitrogens with zero attached hydrogens (tertiary/aromatic N) is 4. The predicted molar refractivity (Wildman–Crippen MR) is 295 cm³/mol. The highest BCUT2D eigenvalue weighted by Crippen LogP contribution is 2.40. The number of aromatic hydroxyl groups is 10. The van der Waals surface area contributed by atoms with Crippen molar-refractivity contribution in [1.29, 1.82) is 0 Å². The summed E-state index contributed by atoms with van der Waals surface area (Å²) in [6.07, 6.45) is 14.3. The van der Waals surface area contributed by atoms with E-state index in [4.69, 9.17) is 8.83 Å². The number of hydrogen-bond donors (Lipinski definition) is 10. The van der Waals surface area contributed by atoms with Gasteiger partial charge in [-0.05, 0) is 130 Å². The van der Waals surface area contributed by atoms with Gasteiger partial charge in [-0.2, -0.15) is 0 Å². The third-order valence-corrected chi connectivity index (χ3v) is 13.0. The molecule has 18 nitrogen and oxygen atoms in total. The number of aromatic nitrogens is 4. The van der Waals surface area contributed by atoms with Gasteiger partial charge in [-0.3, -0.25) is 29.5 Å². The third kappa shape index (κ3) is 12.8. The summed E-state index contributed by atoms with van der Waals surface area (Å²) in [6, 6.07) is 35.6. The van der Waals surface area contributed by atoms with Gasteiger partial charge in [-0.25, -0.2) is 0 Å². The summed E-state index contributed by atoms with van der Waals surface area (Å²) >= 11 is 3.58. The summed E-state index contributed by atoms with van der Waals surface area (Å²) < 4.78 is 10.7. The second-order valence-electron chi connectivity index (χ2n) is 16.2. The molecule has 0 radical (unpaired) electrons. The maximum atomic E-state index is 12.1. The van der Waals surface area contributed by atoms with Crippen LogP contribution < -0.4 is 10.9 Å². The number of hydrogen-bond acceptors (Lipinski definition) is 20. The molecule has 0 aliphatic heterocycles. The Morgan fingerprint density at radius 1 is 0.333 bits per heavy atom. The maximum Gasteiger partial charge on any atom is 0.238 e. The summed E-state index contributed by atoms with van der Waals surface area (Å²) in [5, 5.41) is 99.5. The van der Waals surface area contributed by atoms with Gasteiger partial charge in [0.2, 0.25) is 22.4 Å². The zero-order valence-electron chi connectivity index (χ0n) is 40.2. The van der Waals surface area contributed by atoms with E-state index >= 15 is 0 Å². The number of phenolic OH excluding ortho intramolecular Hbond substituents is 8. The lowest BCUT2D eigenvalue weighted by atomic mass is 10.1. The first-order valence-electron chi connectivity index (χ1n) is 22.8. The van der Waals surface area contributed by atoms with Crippen LogP contribution in [0.15, 0.2) is 212 Å². The molecule has 10 N–H and O–H groups in total. The van der Waals surface area contributed by atoms with E-state index in [9.17, 15) is 60.7 Å². The first-order valence-corrected chi connectivity index (χ1v) is 24.6. The fraction of sp³-hybridized carbons (Fsp3) is 0. The molecule has 0 fully saturated rings. The van der Waals surface area contributed by atoms with E-state index in [1.54, 1.807) is 72.2 Å². The van der Waals surface area contributed by atoms with E-state index in [0.29, 0.717) is 0 Å². The smallest absolute Gasteiger partial charge is 0.238 e. The van der Waals surface area contributed by atoms with Gasteiger partial charge in [0.15, 0.2) is 34.5 Å². The molecule has 12 rings (SSSR count). The third-order valence-electron chi connectivity index (χ3n) is 11.0. The monoisotopic (exact) mass is 1080 g/mol. The van der Waals surface area contributed by atoms with Crippen LogP contribution in [0.4, 0.5) is 0 Å². The van der Waals surface area contributed by atoms with E-state index in [1.807, 2.05) is 48.5 Å². The molecule has 0 aliphatic rings. The number of rotatable bonds is 5. The van der Waals surface area contributed by atoms with Crippen molar-refractivity contribution >= 4 is 44.6 Å².